The molecule has 0 spiro atoms. The van der Waals surface area contributed by atoms with Crippen molar-refractivity contribution in [3.05, 3.63) is 71.0 Å². The first-order valence-corrected chi connectivity index (χ1v) is 8.12. The highest BCUT2D eigenvalue weighted by molar-refractivity contribution is 6.02. The van der Waals surface area contributed by atoms with E-state index < -0.39 is 23.9 Å². The van der Waals surface area contributed by atoms with Crippen LogP contribution >= 0.6 is 0 Å². The van der Waals surface area contributed by atoms with Gasteiger partial charge in [0.2, 0.25) is 0 Å². The number of amidine groups is 1. The van der Waals surface area contributed by atoms with E-state index in [1.54, 1.807) is 0 Å². The predicted molar refractivity (Wildman–Crippen MR) is 97.4 cm³/mol. The molecule has 0 unspecified atom stereocenters. The molecule has 0 bridgehead atoms. The molecule has 142 valence electrons. The van der Waals surface area contributed by atoms with Crippen LogP contribution < -0.4 is 11.1 Å². The number of carbonyl (C=O) groups is 1. The summed E-state index contributed by atoms with van der Waals surface area (Å²) in [6, 6.07) is 8.37. The Morgan fingerprint density at radius 1 is 1.39 bits per heavy atom. The van der Waals surface area contributed by atoms with Gasteiger partial charge >= 0.3 is 0 Å². The molecule has 3 N–H and O–H groups in total. The van der Waals surface area contributed by atoms with Gasteiger partial charge in [0.15, 0.2) is 0 Å². The molecular formula is C19H15F2N5O2. The molecule has 1 amide bonds. The maximum atomic E-state index is 14.5. The zero-order valence-electron chi connectivity index (χ0n) is 14.7. The van der Waals surface area contributed by atoms with Crippen LogP contribution in [0.4, 0.5) is 14.5 Å². The number of amides is 1. The summed E-state index contributed by atoms with van der Waals surface area (Å²) in [7, 11) is 0. The lowest BCUT2D eigenvalue weighted by Gasteiger charge is -2.30. The number of anilines is 1. The summed E-state index contributed by atoms with van der Waals surface area (Å²) >= 11 is 0. The first-order valence-electron chi connectivity index (χ1n) is 8.12. The number of nitrogens with one attached hydrogen (secondary N) is 1. The van der Waals surface area contributed by atoms with Crippen LogP contribution in [0.15, 0.2) is 53.4 Å². The number of nitriles is 1. The Morgan fingerprint density at radius 2 is 2.18 bits per heavy atom. The van der Waals surface area contributed by atoms with E-state index in [0.29, 0.717) is 5.56 Å². The van der Waals surface area contributed by atoms with Gasteiger partial charge in [-0.3, -0.25) is 4.79 Å². The molecule has 0 aliphatic carbocycles. The van der Waals surface area contributed by atoms with E-state index in [1.807, 2.05) is 6.07 Å². The number of alkyl halides is 1. The molecule has 0 saturated carbocycles. The summed E-state index contributed by atoms with van der Waals surface area (Å²) in [4.78, 5) is 20.3. The van der Waals surface area contributed by atoms with Crippen molar-refractivity contribution in [3.8, 4) is 6.07 Å². The molecule has 0 fully saturated rings. The van der Waals surface area contributed by atoms with E-state index in [4.69, 9.17) is 15.7 Å². The van der Waals surface area contributed by atoms with Gasteiger partial charge in [0, 0.05) is 23.0 Å². The van der Waals surface area contributed by atoms with Crippen molar-refractivity contribution in [1.82, 2.24) is 4.98 Å². The molecule has 28 heavy (non-hydrogen) atoms. The Labute approximate surface area is 159 Å². The Bertz CT molecular complexity index is 1030. The summed E-state index contributed by atoms with van der Waals surface area (Å²) in [5.74, 6) is -1.20. The van der Waals surface area contributed by atoms with Gasteiger partial charge in [-0.2, -0.15) is 5.26 Å². The van der Waals surface area contributed by atoms with Crippen LogP contribution in [0.2, 0.25) is 0 Å². The Kier molecular flexibility index (Phi) is 5.04. The number of nitrogens with zero attached hydrogens (tertiary/aromatic N) is 3. The van der Waals surface area contributed by atoms with Crippen molar-refractivity contribution in [2.24, 2.45) is 10.7 Å². The zero-order chi connectivity index (χ0) is 20.3. The SMILES string of the molecule is C[C@]1(c2cc(NC(=O)c3ccc(C#N)cn3)ccc2F)N=C(N)OC=C1CF. The fourth-order valence-corrected chi connectivity index (χ4v) is 2.73. The lowest BCUT2D eigenvalue weighted by Crippen LogP contribution is -2.33. The second-order valence-corrected chi connectivity index (χ2v) is 6.11. The van der Waals surface area contributed by atoms with E-state index in [0.717, 1.165) is 12.3 Å². The van der Waals surface area contributed by atoms with Crippen LogP contribution in [-0.2, 0) is 10.3 Å². The molecule has 1 atom stereocenters. The number of nitrogens with two attached hydrogens (primary N) is 1. The third-order valence-corrected chi connectivity index (χ3v) is 4.30. The van der Waals surface area contributed by atoms with Gasteiger partial charge in [-0.25, -0.2) is 18.8 Å². The maximum Gasteiger partial charge on any atom is 0.288 e. The molecule has 1 aliphatic rings. The van der Waals surface area contributed by atoms with Gasteiger partial charge in [0.25, 0.3) is 11.9 Å². The average molecular weight is 383 g/mol. The minimum atomic E-state index is -1.42. The number of hydrogen-bond donors (Lipinski definition) is 2. The lowest BCUT2D eigenvalue weighted by atomic mass is 9.85. The lowest BCUT2D eigenvalue weighted by molar-refractivity contribution is 0.102. The monoisotopic (exact) mass is 383 g/mol. The molecular weight excluding hydrogens is 368 g/mol. The van der Waals surface area contributed by atoms with E-state index in [9.17, 15) is 13.6 Å². The van der Waals surface area contributed by atoms with Crippen molar-refractivity contribution in [1.29, 1.82) is 5.26 Å². The number of carbonyl (C=O) groups excluding carboxylic acids is 1. The van der Waals surface area contributed by atoms with Crippen molar-refractivity contribution in [3.63, 3.8) is 0 Å². The number of halogens is 2. The summed E-state index contributed by atoms with van der Waals surface area (Å²) < 4.78 is 32.9. The van der Waals surface area contributed by atoms with Crippen LogP contribution in [0.1, 0.15) is 28.5 Å². The van der Waals surface area contributed by atoms with Crippen LogP contribution in [-0.4, -0.2) is 23.6 Å². The molecule has 2 heterocycles. The maximum absolute atomic E-state index is 14.5. The third-order valence-electron chi connectivity index (χ3n) is 4.30. The molecule has 7 nitrogen and oxygen atoms in total. The first-order chi connectivity index (χ1) is 13.4. The van der Waals surface area contributed by atoms with Crippen molar-refractivity contribution in [2.75, 3.05) is 12.0 Å². The van der Waals surface area contributed by atoms with Gasteiger partial charge in [-0.1, -0.05) is 0 Å². The van der Waals surface area contributed by atoms with Crippen molar-refractivity contribution < 1.29 is 18.3 Å². The van der Waals surface area contributed by atoms with Crippen molar-refractivity contribution >= 4 is 17.6 Å². The highest BCUT2D eigenvalue weighted by atomic mass is 19.1. The smallest absolute Gasteiger partial charge is 0.288 e. The second-order valence-electron chi connectivity index (χ2n) is 6.11. The highest BCUT2D eigenvalue weighted by Crippen LogP contribution is 2.38. The predicted octanol–water partition coefficient (Wildman–Crippen LogP) is 2.76. The van der Waals surface area contributed by atoms with E-state index in [-0.39, 0.29) is 28.5 Å². The average Bonchev–Trinajstić information content (AvgIpc) is 2.69. The van der Waals surface area contributed by atoms with Gasteiger partial charge in [0.05, 0.1) is 11.8 Å². The van der Waals surface area contributed by atoms with E-state index >= 15 is 0 Å². The number of ether oxygens (including phenoxy) is 1. The van der Waals surface area contributed by atoms with Crippen LogP contribution in [0.25, 0.3) is 0 Å². The Morgan fingerprint density at radius 3 is 2.82 bits per heavy atom. The van der Waals surface area contributed by atoms with Crippen LogP contribution in [0.5, 0.6) is 0 Å². The second kappa shape index (κ2) is 7.44. The number of aromatic nitrogens is 1. The molecule has 0 saturated heterocycles. The topological polar surface area (TPSA) is 113 Å². The number of benzene rings is 1. The normalized spacial score (nSPS) is 18.4. The molecule has 1 aromatic carbocycles. The first kappa shape index (κ1) is 19.0. The third kappa shape index (κ3) is 3.53. The zero-order valence-corrected chi connectivity index (χ0v) is 14.7. The molecule has 1 aromatic heterocycles. The van der Waals surface area contributed by atoms with E-state index in [1.165, 1.54) is 37.4 Å². The number of pyridine rings is 1. The Balaban J connectivity index is 1.93. The molecule has 3 rings (SSSR count). The number of rotatable bonds is 4. The van der Waals surface area contributed by atoms with Crippen LogP contribution in [0, 0.1) is 17.1 Å². The standard InChI is InChI=1S/C19H15F2N5O2/c1-19(12(7-20)10-28-18(23)26-19)14-6-13(3-4-15(14)21)25-17(27)16-5-2-11(8-22)9-24-16/h2-6,9-10H,7H2,1H3,(H2,23,26)(H,25,27)/t19-/m0/s1. The largest absolute Gasteiger partial charge is 0.434 e. The molecule has 9 heteroatoms. The van der Waals surface area contributed by atoms with Gasteiger partial charge in [-0.15, -0.1) is 0 Å². The van der Waals surface area contributed by atoms with Gasteiger partial charge < -0.3 is 15.8 Å². The molecule has 0 radical (unpaired) electrons. The summed E-state index contributed by atoms with van der Waals surface area (Å²) in [5.41, 5.74) is 4.90. The van der Waals surface area contributed by atoms with Gasteiger partial charge in [-0.05, 0) is 37.3 Å². The summed E-state index contributed by atoms with van der Waals surface area (Å²) in [5, 5.41) is 11.4. The summed E-state index contributed by atoms with van der Waals surface area (Å²) in [6.45, 7) is 0.582. The molecule has 2 aromatic rings. The number of hydrogen-bond acceptors (Lipinski definition) is 6. The quantitative estimate of drug-likeness (QED) is 0.843. The van der Waals surface area contributed by atoms with Crippen molar-refractivity contribution in [2.45, 2.75) is 12.5 Å². The van der Waals surface area contributed by atoms with Gasteiger partial charge in [0.1, 0.15) is 29.8 Å². The molecule has 1 aliphatic heterocycles. The Hall–Kier alpha value is -3.80. The fraction of sp³-hybridized carbons (Fsp3) is 0.158. The minimum absolute atomic E-state index is 0.0215. The van der Waals surface area contributed by atoms with E-state index in [2.05, 4.69) is 15.3 Å². The number of aliphatic imine (C=N–C) groups is 1. The highest BCUT2D eigenvalue weighted by Gasteiger charge is 2.37. The van der Waals surface area contributed by atoms with Crippen LogP contribution in [0.3, 0.4) is 0 Å². The summed E-state index contributed by atoms with van der Waals surface area (Å²) in [6.07, 6.45) is 2.37. The fourth-order valence-electron chi connectivity index (χ4n) is 2.73. The minimum Gasteiger partial charge on any atom is -0.434 e.